The molecule has 0 unspecified atom stereocenters. The Morgan fingerprint density at radius 2 is 1.92 bits per heavy atom. The van der Waals surface area contributed by atoms with Crippen LogP contribution in [0.4, 0.5) is 13.2 Å². The number of halogens is 3. The molecule has 1 aliphatic carbocycles. The smallest absolute Gasteiger partial charge is 0.306 e. The molecule has 0 saturated heterocycles. The SMILES string of the molecule is CC(C)(C)OC(=O)CCC1CC(Oc2cc(F)cc(C(F)F)c2)C1. The van der Waals surface area contributed by atoms with Crippen molar-refractivity contribution >= 4 is 5.97 Å². The summed E-state index contributed by atoms with van der Waals surface area (Å²) >= 11 is 0. The highest BCUT2D eigenvalue weighted by Gasteiger charge is 2.31. The lowest BCUT2D eigenvalue weighted by molar-refractivity contribution is -0.155. The topological polar surface area (TPSA) is 35.5 Å². The largest absolute Gasteiger partial charge is 0.490 e. The summed E-state index contributed by atoms with van der Waals surface area (Å²) < 4.78 is 49.4. The van der Waals surface area contributed by atoms with Crippen LogP contribution in [0.3, 0.4) is 0 Å². The summed E-state index contributed by atoms with van der Waals surface area (Å²) in [6.45, 7) is 5.47. The molecule has 3 nitrogen and oxygen atoms in total. The highest BCUT2D eigenvalue weighted by molar-refractivity contribution is 5.69. The van der Waals surface area contributed by atoms with Crippen LogP contribution in [0, 0.1) is 11.7 Å². The maximum atomic E-state index is 13.3. The van der Waals surface area contributed by atoms with Crippen LogP contribution >= 0.6 is 0 Å². The van der Waals surface area contributed by atoms with Gasteiger partial charge in [-0.25, -0.2) is 13.2 Å². The number of carbonyl (C=O) groups excluding carboxylic acids is 1. The first-order chi connectivity index (χ1) is 11.1. The number of benzene rings is 1. The van der Waals surface area contributed by atoms with Gasteiger partial charge in [0.15, 0.2) is 0 Å². The Labute approximate surface area is 140 Å². The molecule has 24 heavy (non-hydrogen) atoms. The van der Waals surface area contributed by atoms with Gasteiger partial charge in [0, 0.05) is 18.1 Å². The van der Waals surface area contributed by atoms with E-state index in [4.69, 9.17) is 9.47 Å². The highest BCUT2D eigenvalue weighted by Crippen LogP contribution is 2.35. The van der Waals surface area contributed by atoms with Gasteiger partial charge in [0.1, 0.15) is 17.2 Å². The van der Waals surface area contributed by atoms with Crippen molar-refractivity contribution in [3.8, 4) is 5.75 Å². The van der Waals surface area contributed by atoms with Crippen LogP contribution in [0.1, 0.15) is 58.4 Å². The predicted molar refractivity (Wildman–Crippen MR) is 83.6 cm³/mol. The lowest BCUT2D eigenvalue weighted by atomic mass is 9.79. The van der Waals surface area contributed by atoms with Crippen molar-refractivity contribution < 1.29 is 27.4 Å². The molecule has 1 fully saturated rings. The van der Waals surface area contributed by atoms with Crippen molar-refractivity contribution in [2.75, 3.05) is 0 Å². The zero-order valence-corrected chi connectivity index (χ0v) is 14.2. The van der Waals surface area contributed by atoms with E-state index in [1.165, 1.54) is 6.07 Å². The third-order valence-corrected chi connectivity index (χ3v) is 3.82. The summed E-state index contributed by atoms with van der Waals surface area (Å²) in [7, 11) is 0. The Kier molecular flexibility index (Phi) is 5.78. The van der Waals surface area contributed by atoms with Gasteiger partial charge in [-0.3, -0.25) is 4.79 Å². The van der Waals surface area contributed by atoms with Crippen molar-refractivity contribution in [2.45, 2.75) is 64.6 Å². The van der Waals surface area contributed by atoms with E-state index in [0.29, 0.717) is 18.8 Å². The predicted octanol–water partition coefficient (Wildman–Crippen LogP) is 5.04. The van der Waals surface area contributed by atoms with E-state index in [2.05, 4.69) is 0 Å². The number of carbonyl (C=O) groups is 1. The van der Waals surface area contributed by atoms with Crippen LogP contribution in [0.2, 0.25) is 0 Å². The average molecular weight is 344 g/mol. The molecule has 1 saturated carbocycles. The number of ether oxygens (including phenoxy) is 2. The van der Waals surface area contributed by atoms with Gasteiger partial charge < -0.3 is 9.47 Å². The molecule has 0 spiro atoms. The van der Waals surface area contributed by atoms with Gasteiger partial charge in [-0.2, -0.15) is 0 Å². The molecule has 0 aliphatic heterocycles. The summed E-state index contributed by atoms with van der Waals surface area (Å²) in [5, 5.41) is 0. The van der Waals surface area contributed by atoms with Crippen molar-refractivity contribution in [1.29, 1.82) is 0 Å². The van der Waals surface area contributed by atoms with Gasteiger partial charge in [-0.1, -0.05) is 0 Å². The van der Waals surface area contributed by atoms with Crippen LogP contribution < -0.4 is 4.74 Å². The van der Waals surface area contributed by atoms with Crippen molar-refractivity contribution in [3.63, 3.8) is 0 Å². The minimum Gasteiger partial charge on any atom is -0.490 e. The van der Waals surface area contributed by atoms with Crippen molar-refractivity contribution in [2.24, 2.45) is 5.92 Å². The Morgan fingerprint density at radius 1 is 1.25 bits per heavy atom. The van der Waals surface area contributed by atoms with Gasteiger partial charge in [0.2, 0.25) is 0 Å². The summed E-state index contributed by atoms with van der Waals surface area (Å²) in [5.74, 6) is -0.492. The van der Waals surface area contributed by atoms with Crippen molar-refractivity contribution in [3.05, 3.63) is 29.6 Å². The Hall–Kier alpha value is -1.72. The van der Waals surface area contributed by atoms with Gasteiger partial charge in [0.05, 0.1) is 6.10 Å². The number of alkyl halides is 2. The fraction of sp³-hybridized carbons (Fsp3) is 0.611. The van der Waals surface area contributed by atoms with Crippen LogP contribution in [0.5, 0.6) is 5.75 Å². The second kappa shape index (κ2) is 7.45. The molecule has 0 bridgehead atoms. The van der Waals surface area contributed by atoms with E-state index in [1.54, 1.807) is 0 Å². The molecule has 0 atom stereocenters. The van der Waals surface area contributed by atoms with Crippen molar-refractivity contribution in [1.82, 2.24) is 0 Å². The number of hydrogen-bond acceptors (Lipinski definition) is 3. The summed E-state index contributed by atoms with van der Waals surface area (Å²) in [6, 6.07) is 3.09. The van der Waals surface area contributed by atoms with E-state index < -0.39 is 17.8 Å². The van der Waals surface area contributed by atoms with E-state index in [1.807, 2.05) is 20.8 Å². The minimum absolute atomic E-state index is 0.124. The van der Waals surface area contributed by atoms with Gasteiger partial charge in [-0.15, -0.1) is 0 Å². The molecule has 0 amide bonds. The molecule has 2 rings (SSSR count). The second-order valence-corrected chi connectivity index (χ2v) is 7.22. The lowest BCUT2D eigenvalue weighted by Gasteiger charge is -2.35. The summed E-state index contributed by atoms with van der Waals surface area (Å²) in [4.78, 5) is 11.6. The third kappa shape index (κ3) is 5.73. The average Bonchev–Trinajstić information content (AvgIpc) is 2.38. The number of esters is 1. The maximum absolute atomic E-state index is 13.3. The molecule has 0 N–H and O–H groups in total. The Morgan fingerprint density at radius 3 is 2.50 bits per heavy atom. The maximum Gasteiger partial charge on any atom is 0.306 e. The first kappa shape index (κ1) is 18.6. The van der Waals surface area contributed by atoms with Gasteiger partial charge >= 0.3 is 5.97 Å². The van der Waals surface area contributed by atoms with Crippen LogP contribution in [0.15, 0.2) is 18.2 Å². The number of hydrogen-bond donors (Lipinski definition) is 0. The molecule has 1 aliphatic rings. The third-order valence-electron chi connectivity index (χ3n) is 3.82. The van der Waals surface area contributed by atoms with Gasteiger partial charge in [-0.05, 0) is 58.1 Å². The fourth-order valence-corrected chi connectivity index (χ4v) is 2.69. The zero-order valence-electron chi connectivity index (χ0n) is 14.2. The summed E-state index contributed by atoms with van der Waals surface area (Å²) in [5.41, 5.74) is -0.868. The van der Waals surface area contributed by atoms with E-state index in [0.717, 1.165) is 25.0 Å². The first-order valence-corrected chi connectivity index (χ1v) is 8.09. The van der Waals surface area contributed by atoms with E-state index in [9.17, 15) is 18.0 Å². The molecule has 1 aromatic rings. The van der Waals surface area contributed by atoms with Crippen LogP contribution in [-0.4, -0.2) is 17.7 Å². The monoisotopic (exact) mass is 344 g/mol. The highest BCUT2D eigenvalue weighted by atomic mass is 19.3. The molecular weight excluding hydrogens is 321 g/mol. The molecule has 0 radical (unpaired) electrons. The quantitative estimate of drug-likeness (QED) is 0.678. The molecule has 0 aromatic heterocycles. The molecule has 0 heterocycles. The zero-order chi connectivity index (χ0) is 17.9. The van der Waals surface area contributed by atoms with Crippen LogP contribution in [0.25, 0.3) is 0 Å². The normalized spacial score (nSPS) is 20.6. The van der Waals surface area contributed by atoms with Crippen LogP contribution in [-0.2, 0) is 9.53 Å². The van der Waals surface area contributed by atoms with Gasteiger partial charge in [0.25, 0.3) is 6.43 Å². The first-order valence-electron chi connectivity index (χ1n) is 8.09. The Bertz CT molecular complexity index is 575. The fourth-order valence-electron chi connectivity index (χ4n) is 2.69. The molecule has 134 valence electrons. The molecular formula is C18H23F3O3. The Balaban J connectivity index is 1.74. The lowest BCUT2D eigenvalue weighted by Crippen LogP contribution is -2.34. The van der Waals surface area contributed by atoms with E-state index >= 15 is 0 Å². The van der Waals surface area contributed by atoms with E-state index in [-0.39, 0.29) is 23.4 Å². The second-order valence-electron chi connectivity index (χ2n) is 7.22. The molecule has 6 heteroatoms. The minimum atomic E-state index is -2.73. The summed E-state index contributed by atoms with van der Waals surface area (Å²) in [6.07, 6.45) is -0.344. The molecule has 1 aromatic carbocycles. The standard InChI is InChI=1S/C18H23F3O3/c1-18(2,3)24-16(22)5-4-11-6-14(7-11)23-15-9-12(17(20)21)8-13(19)10-15/h8-11,14,17H,4-7H2,1-3H3. The number of rotatable bonds is 6.